The van der Waals surface area contributed by atoms with E-state index in [1.54, 1.807) is 16.8 Å². The average Bonchev–Trinajstić information content (AvgIpc) is 3.16. The van der Waals surface area contributed by atoms with Crippen LogP contribution in [0.15, 0.2) is 30.7 Å². The Labute approximate surface area is 154 Å². The summed E-state index contributed by atoms with van der Waals surface area (Å²) in [6.07, 6.45) is 1.09. The van der Waals surface area contributed by atoms with Crippen LogP contribution in [0.4, 0.5) is 14.6 Å². The van der Waals surface area contributed by atoms with Gasteiger partial charge in [0, 0.05) is 25.2 Å². The smallest absolute Gasteiger partial charge is 0.280 e. The van der Waals surface area contributed by atoms with Crippen LogP contribution in [0.1, 0.15) is 42.6 Å². The van der Waals surface area contributed by atoms with Crippen LogP contribution in [0.3, 0.4) is 0 Å². The third-order valence-corrected chi connectivity index (χ3v) is 5.06. The van der Waals surface area contributed by atoms with Crippen LogP contribution in [0.2, 0.25) is 0 Å². The molecule has 0 spiro atoms. The maximum atomic E-state index is 13.3. The molecule has 1 fully saturated rings. The Balaban J connectivity index is 1.70. The third-order valence-electron chi connectivity index (χ3n) is 5.06. The van der Waals surface area contributed by atoms with Gasteiger partial charge in [-0.2, -0.15) is 15.3 Å². The molecule has 9 heteroatoms. The van der Waals surface area contributed by atoms with E-state index in [0.717, 1.165) is 18.8 Å². The van der Waals surface area contributed by atoms with Gasteiger partial charge in [0.1, 0.15) is 23.9 Å². The van der Waals surface area contributed by atoms with Crippen molar-refractivity contribution in [3.8, 4) is 6.07 Å². The van der Waals surface area contributed by atoms with Crippen molar-refractivity contribution in [3.63, 3.8) is 0 Å². The molecular formula is C18H17F2N7. The number of aromatic nitrogens is 5. The van der Waals surface area contributed by atoms with E-state index in [2.05, 4.69) is 37.9 Å². The molecule has 1 saturated heterocycles. The molecule has 4 heterocycles. The number of anilines is 1. The molecule has 0 bridgehead atoms. The van der Waals surface area contributed by atoms with Gasteiger partial charge in [-0.25, -0.2) is 23.3 Å². The fourth-order valence-electron chi connectivity index (χ4n) is 3.53. The van der Waals surface area contributed by atoms with Crippen LogP contribution in [-0.4, -0.2) is 37.7 Å². The molecule has 1 unspecified atom stereocenters. The van der Waals surface area contributed by atoms with Crippen molar-refractivity contribution in [3.05, 3.63) is 47.7 Å². The van der Waals surface area contributed by atoms with E-state index >= 15 is 0 Å². The lowest BCUT2D eigenvalue weighted by Crippen LogP contribution is -2.39. The van der Waals surface area contributed by atoms with Crippen molar-refractivity contribution in [2.45, 2.75) is 25.7 Å². The molecule has 2 atom stereocenters. The minimum absolute atomic E-state index is 0.0270. The highest BCUT2D eigenvalue weighted by atomic mass is 19.3. The molecule has 0 amide bonds. The van der Waals surface area contributed by atoms with Crippen molar-refractivity contribution in [2.24, 2.45) is 5.92 Å². The Hall–Kier alpha value is -3.15. The number of rotatable bonds is 3. The molecule has 1 aliphatic heterocycles. The quantitative estimate of drug-likeness (QED) is 0.706. The van der Waals surface area contributed by atoms with Crippen LogP contribution >= 0.6 is 0 Å². The maximum absolute atomic E-state index is 13.3. The standard InChI is InChI=1S/C18H17F2N7/c1-11-4-5-26(16-3-2-12(7-21)8-22-16)9-13(11)15-6-14(17(19)20)25-18-23-10-24-27(15)18/h2-3,6,8,10-11,13,17H,4-5,9H2,1H3/t11?,13-/m1/s1. The van der Waals surface area contributed by atoms with Crippen LogP contribution in [0, 0.1) is 17.2 Å². The second-order valence-corrected chi connectivity index (χ2v) is 6.71. The molecule has 0 N–H and O–H groups in total. The highest BCUT2D eigenvalue weighted by Crippen LogP contribution is 2.34. The lowest BCUT2D eigenvalue weighted by atomic mass is 9.84. The third kappa shape index (κ3) is 3.18. The molecule has 3 aromatic heterocycles. The summed E-state index contributed by atoms with van der Waals surface area (Å²) in [7, 11) is 0. The highest BCUT2D eigenvalue weighted by Gasteiger charge is 2.31. The van der Waals surface area contributed by atoms with E-state index in [9.17, 15) is 8.78 Å². The largest absolute Gasteiger partial charge is 0.356 e. The lowest BCUT2D eigenvalue weighted by molar-refractivity contribution is 0.146. The van der Waals surface area contributed by atoms with E-state index in [1.165, 1.54) is 12.4 Å². The van der Waals surface area contributed by atoms with Crippen molar-refractivity contribution in [1.82, 2.24) is 24.6 Å². The number of hydrogen-bond acceptors (Lipinski definition) is 6. The van der Waals surface area contributed by atoms with Crippen molar-refractivity contribution in [1.29, 1.82) is 5.26 Å². The van der Waals surface area contributed by atoms with Gasteiger partial charge in [-0.05, 0) is 30.5 Å². The summed E-state index contributed by atoms with van der Waals surface area (Å²) in [6, 6.07) is 7.03. The van der Waals surface area contributed by atoms with Gasteiger partial charge >= 0.3 is 0 Å². The van der Waals surface area contributed by atoms with E-state index in [-0.39, 0.29) is 23.3 Å². The number of alkyl halides is 2. The maximum Gasteiger partial charge on any atom is 0.280 e. The fourth-order valence-corrected chi connectivity index (χ4v) is 3.53. The van der Waals surface area contributed by atoms with Gasteiger partial charge in [0.15, 0.2) is 0 Å². The summed E-state index contributed by atoms with van der Waals surface area (Å²) in [6.45, 7) is 3.53. The molecule has 0 aliphatic carbocycles. The van der Waals surface area contributed by atoms with E-state index in [1.807, 2.05) is 6.07 Å². The molecule has 7 nitrogen and oxygen atoms in total. The van der Waals surface area contributed by atoms with Crippen LogP contribution in [0.25, 0.3) is 5.78 Å². The number of piperidine rings is 1. The lowest BCUT2D eigenvalue weighted by Gasteiger charge is -2.38. The molecule has 4 rings (SSSR count). The molecule has 3 aromatic rings. The van der Waals surface area contributed by atoms with Crippen molar-refractivity contribution < 1.29 is 8.78 Å². The van der Waals surface area contributed by atoms with Crippen LogP contribution in [0.5, 0.6) is 0 Å². The van der Waals surface area contributed by atoms with Crippen molar-refractivity contribution >= 4 is 11.6 Å². The average molecular weight is 369 g/mol. The Morgan fingerprint density at radius 2 is 2.15 bits per heavy atom. The summed E-state index contributed by atoms with van der Waals surface area (Å²) >= 11 is 0. The van der Waals surface area contributed by atoms with Gasteiger partial charge in [-0.15, -0.1) is 0 Å². The number of halogens is 2. The van der Waals surface area contributed by atoms with E-state index in [4.69, 9.17) is 5.26 Å². The second kappa shape index (κ2) is 6.87. The first kappa shape index (κ1) is 17.3. The second-order valence-electron chi connectivity index (χ2n) is 6.71. The molecular weight excluding hydrogens is 352 g/mol. The fraction of sp³-hybridized carbons (Fsp3) is 0.389. The summed E-state index contributed by atoms with van der Waals surface area (Å²) in [4.78, 5) is 14.4. The predicted molar refractivity (Wildman–Crippen MR) is 93.4 cm³/mol. The van der Waals surface area contributed by atoms with Gasteiger partial charge in [0.2, 0.25) is 0 Å². The number of pyridine rings is 1. The Kier molecular flexibility index (Phi) is 4.39. The molecule has 0 radical (unpaired) electrons. The van der Waals surface area contributed by atoms with Gasteiger partial charge in [0.05, 0.1) is 11.3 Å². The van der Waals surface area contributed by atoms with Crippen LogP contribution in [-0.2, 0) is 0 Å². The monoisotopic (exact) mass is 369 g/mol. The predicted octanol–water partition coefficient (Wildman–Crippen LogP) is 2.96. The SMILES string of the molecule is CC1CCN(c2ccc(C#N)cn2)C[C@H]1c1cc(C(F)F)nc2ncnn12. The van der Waals surface area contributed by atoms with Gasteiger partial charge in [-0.1, -0.05) is 6.92 Å². The zero-order chi connectivity index (χ0) is 19.0. The van der Waals surface area contributed by atoms with E-state index in [0.29, 0.717) is 17.8 Å². The molecule has 1 aliphatic rings. The number of hydrogen-bond donors (Lipinski definition) is 0. The Morgan fingerprint density at radius 1 is 1.30 bits per heavy atom. The molecule has 0 saturated carbocycles. The van der Waals surface area contributed by atoms with Gasteiger partial charge < -0.3 is 4.90 Å². The van der Waals surface area contributed by atoms with Crippen molar-refractivity contribution in [2.75, 3.05) is 18.0 Å². The first-order valence-corrected chi connectivity index (χ1v) is 8.66. The number of fused-ring (bicyclic) bond motifs is 1. The zero-order valence-corrected chi connectivity index (χ0v) is 14.6. The zero-order valence-electron chi connectivity index (χ0n) is 14.6. The normalized spacial score (nSPS) is 20.2. The summed E-state index contributed by atoms with van der Waals surface area (Å²) in [5, 5.41) is 13.1. The van der Waals surface area contributed by atoms with Gasteiger partial charge in [-0.3, -0.25) is 0 Å². The minimum atomic E-state index is -2.67. The van der Waals surface area contributed by atoms with Crippen LogP contribution < -0.4 is 4.90 Å². The minimum Gasteiger partial charge on any atom is -0.356 e. The highest BCUT2D eigenvalue weighted by molar-refractivity contribution is 5.43. The summed E-state index contributed by atoms with van der Waals surface area (Å²) in [5.74, 6) is 1.20. The van der Waals surface area contributed by atoms with Gasteiger partial charge in [0.25, 0.3) is 12.2 Å². The Morgan fingerprint density at radius 3 is 2.85 bits per heavy atom. The topological polar surface area (TPSA) is 83.0 Å². The Bertz CT molecular complexity index is 993. The number of nitrogens with zero attached hydrogens (tertiary/aromatic N) is 7. The first-order chi connectivity index (χ1) is 13.1. The summed E-state index contributed by atoms with van der Waals surface area (Å²) < 4.78 is 28.1. The molecule has 27 heavy (non-hydrogen) atoms. The van der Waals surface area contributed by atoms with E-state index < -0.39 is 6.43 Å². The number of nitriles is 1. The first-order valence-electron chi connectivity index (χ1n) is 8.66. The molecule has 138 valence electrons. The molecule has 0 aromatic carbocycles. The summed E-state index contributed by atoms with van der Waals surface area (Å²) in [5.41, 5.74) is 0.894.